The summed E-state index contributed by atoms with van der Waals surface area (Å²) in [6.07, 6.45) is 0. The fraction of sp³-hybridized carbons (Fsp3) is 0.381. The number of methoxy groups -OCH3 is 2. The maximum Gasteiger partial charge on any atom is 0.196 e. The summed E-state index contributed by atoms with van der Waals surface area (Å²) in [7, 11) is 3.31. The van der Waals surface area contributed by atoms with Crippen LogP contribution < -0.4 is 24.8 Å². The van der Waals surface area contributed by atoms with Crippen LogP contribution in [0.25, 0.3) is 0 Å². The molecule has 7 heteroatoms. The first-order valence-corrected chi connectivity index (χ1v) is 9.10. The molecule has 0 aliphatic heterocycles. The molecule has 0 spiro atoms. The summed E-state index contributed by atoms with van der Waals surface area (Å²) in [5.74, 6) is 2.97. The quantitative estimate of drug-likeness (QED) is 0.316. The third kappa shape index (κ3) is 6.78. The fourth-order valence-electron chi connectivity index (χ4n) is 2.60. The van der Waals surface area contributed by atoms with E-state index in [-0.39, 0.29) is 24.0 Å². The molecule has 0 aliphatic carbocycles. The van der Waals surface area contributed by atoms with Crippen LogP contribution in [0.4, 0.5) is 5.69 Å². The number of aliphatic imine (C=N–C) groups is 1. The molecule has 2 N–H and O–H groups in total. The van der Waals surface area contributed by atoms with E-state index in [4.69, 9.17) is 14.2 Å². The van der Waals surface area contributed by atoms with Crippen molar-refractivity contribution in [3.8, 4) is 17.2 Å². The van der Waals surface area contributed by atoms with Crippen LogP contribution in [-0.2, 0) is 6.54 Å². The van der Waals surface area contributed by atoms with E-state index in [2.05, 4.69) is 21.7 Å². The minimum Gasteiger partial charge on any atom is -0.496 e. The summed E-state index contributed by atoms with van der Waals surface area (Å²) in [4.78, 5) is 4.67. The van der Waals surface area contributed by atoms with Crippen LogP contribution >= 0.6 is 24.0 Å². The van der Waals surface area contributed by atoms with Gasteiger partial charge in [-0.1, -0.05) is 12.1 Å². The highest BCUT2D eigenvalue weighted by atomic mass is 127. The highest BCUT2D eigenvalue weighted by molar-refractivity contribution is 14.0. The van der Waals surface area contributed by atoms with Crippen LogP contribution in [0.2, 0.25) is 0 Å². The summed E-state index contributed by atoms with van der Waals surface area (Å²) in [5.41, 5.74) is 3.07. The van der Waals surface area contributed by atoms with Crippen LogP contribution in [-0.4, -0.2) is 33.3 Å². The minimum absolute atomic E-state index is 0. The summed E-state index contributed by atoms with van der Waals surface area (Å²) < 4.78 is 16.4. The Bertz CT molecular complexity index is 781. The van der Waals surface area contributed by atoms with Crippen molar-refractivity contribution in [2.45, 2.75) is 27.3 Å². The molecule has 2 rings (SSSR count). The first-order valence-electron chi connectivity index (χ1n) is 9.10. The Morgan fingerprint density at radius 3 is 2.36 bits per heavy atom. The summed E-state index contributed by atoms with van der Waals surface area (Å²) in [5, 5.41) is 6.57. The number of hydrogen-bond donors (Lipinski definition) is 2. The lowest BCUT2D eigenvalue weighted by Crippen LogP contribution is -2.30. The average molecular weight is 499 g/mol. The largest absolute Gasteiger partial charge is 0.496 e. The molecule has 0 aromatic heterocycles. The van der Waals surface area contributed by atoms with Crippen LogP contribution in [0.1, 0.15) is 25.0 Å². The first-order chi connectivity index (χ1) is 13.1. The van der Waals surface area contributed by atoms with Gasteiger partial charge in [-0.15, -0.1) is 24.0 Å². The second-order valence-corrected chi connectivity index (χ2v) is 5.92. The molecule has 154 valence electrons. The zero-order valence-corrected chi connectivity index (χ0v) is 19.5. The molecule has 0 fully saturated rings. The first kappa shape index (κ1) is 23.9. The summed E-state index contributed by atoms with van der Waals surface area (Å²) in [6, 6.07) is 11.8. The van der Waals surface area contributed by atoms with Gasteiger partial charge in [0.1, 0.15) is 5.75 Å². The molecule has 0 atom stereocenters. The lowest BCUT2D eigenvalue weighted by molar-refractivity contribution is 0.311. The van der Waals surface area contributed by atoms with E-state index < -0.39 is 0 Å². The molecule has 0 aliphatic rings. The molecule has 28 heavy (non-hydrogen) atoms. The second-order valence-electron chi connectivity index (χ2n) is 5.92. The number of hydrogen-bond acceptors (Lipinski definition) is 4. The van der Waals surface area contributed by atoms with Crippen molar-refractivity contribution >= 4 is 35.6 Å². The number of halogens is 1. The highest BCUT2D eigenvalue weighted by Gasteiger charge is 2.07. The molecule has 0 bridgehead atoms. The zero-order valence-electron chi connectivity index (χ0n) is 17.2. The van der Waals surface area contributed by atoms with E-state index in [9.17, 15) is 0 Å². The normalized spacial score (nSPS) is 10.7. The van der Waals surface area contributed by atoms with Gasteiger partial charge < -0.3 is 24.8 Å². The molecular formula is C21H30IN3O3. The number of rotatable bonds is 8. The number of guanidine groups is 1. The molecule has 0 heterocycles. The predicted octanol–water partition coefficient (Wildman–Crippen LogP) is 4.61. The Morgan fingerprint density at radius 2 is 1.71 bits per heavy atom. The second kappa shape index (κ2) is 12.3. The van der Waals surface area contributed by atoms with E-state index in [1.807, 2.05) is 51.1 Å². The van der Waals surface area contributed by atoms with Crippen molar-refractivity contribution in [2.75, 3.05) is 32.7 Å². The standard InChI is InChI=1S/C21H29N3O3.HI/c1-6-22-21(23-14-16-9-8-15(3)19(12-16)26-5)24-17-10-11-18(25-4)20(13-17)27-7-2;/h8-13H,6-7,14H2,1-5H3,(H2,22,23,24);1H. The SMILES string of the molecule is CCNC(=NCc1ccc(C)c(OC)c1)Nc1ccc(OC)c(OCC)c1.I. The van der Waals surface area contributed by atoms with Crippen molar-refractivity contribution in [1.82, 2.24) is 5.32 Å². The van der Waals surface area contributed by atoms with Crippen LogP contribution in [0, 0.1) is 6.92 Å². The summed E-state index contributed by atoms with van der Waals surface area (Å²) >= 11 is 0. The number of ether oxygens (including phenoxy) is 3. The lowest BCUT2D eigenvalue weighted by Gasteiger charge is -2.14. The predicted molar refractivity (Wildman–Crippen MR) is 126 cm³/mol. The number of nitrogens with one attached hydrogen (secondary N) is 2. The van der Waals surface area contributed by atoms with Crippen LogP contribution in [0.3, 0.4) is 0 Å². The molecule has 2 aromatic carbocycles. The zero-order chi connectivity index (χ0) is 19.6. The van der Waals surface area contributed by atoms with Crippen LogP contribution in [0.15, 0.2) is 41.4 Å². The molecule has 0 saturated heterocycles. The van der Waals surface area contributed by atoms with Crippen molar-refractivity contribution in [2.24, 2.45) is 4.99 Å². The smallest absolute Gasteiger partial charge is 0.196 e. The molecule has 0 saturated carbocycles. The third-order valence-electron chi connectivity index (χ3n) is 3.96. The summed E-state index contributed by atoms with van der Waals surface area (Å²) in [6.45, 7) is 7.88. The maximum atomic E-state index is 5.64. The van der Waals surface area contributed by atoms with Gasteiger partial charge in [-0.2, -0.15) is 0 Å². The molecule has 2 aromatic rings. The topological polar surface area (TPSA) is 64.1 Å². The lowest BCUT2D eigenvalue weighted by atomic mass is 10.1. The Kier molecular flexibility index (Phi) is 10.5. The number of anilines is 1. The van der Waals surface area contributed by atoms with Crippen LogP contribution in [0.5, 0.6) is 17.2 Å². The average Bonchev–Trinajstić information content (AvgIpc) is 2.68. The number of nitrogens with zero attached hydrogens (tertiary/aromatic N) is 1. The Labute approximate surface area is 184 Å². The highest BCUT2D eigenvalue weighted by Crippen LogP contribution is 2.30. The van der Waals surface area contributed by atoms with E-state index in [0.29, 0.717) is 30.6 Å². The number of aryl methyl sites for hydroxylation is 1. The van der Waals surface area contributed by atoms with Gasteiger partial charge >= 0.3 is 0 Å². The van der Waals surface area contributed by atoms with Gasteiger partial charge in [-0.25, -0.2) is 4.99 Å². The van der Waals surface area contributed by atoms with Crippen molar-refractivity contribution < 1.29 is 14.2 Å². The molecular weight excluding hydrogens is 469 g/mol. The molecule has 0 unspecified atom stereocenters. The van der Waals surface area contributed by atoms with Gasteiger partial charge in [0.25, 0.3) is 0 Å². The Hall–Kier alpha value is -2.16. The maximum absolute atomic E-state index is 5.64. The van der Waals surface area contributed by atoms with Crippen molar-refractivity contribution in [3.63, 3.8) is 0 Å². The van der Waals surface area contributed by atoms with Gasteiger partial charge in [0, 0.05) is 18.3 Å². The Balaban J connectivity index is 0.00000392. The van der Waals surface area contributed by atoms with Gasteiger partial charge in [-0.3, -0.25) is 0 Å². The van der Waals surface area contributed by atoms with Crippen molar-refractivity contribution in [1.29, 1.82) is 0 Å². The fourth-order valence-corrected chi connectivity index (χ4v) is 2.60. The molecule has 0 amide bonds. The van der Waals surface area contributed by atoms with E-state index in [1.54, 1.807) is 14.2 Å². The van der Waals surface area contributed by atoms with Crippen molar-refractivity contribution in [3.05, 3.63) is 47.5 Å². The van der Waals surface area contributed by atoms with E-state index in [0.717, 1.165) is 29.1 Å². The van der Waals surface area contributed by atoms with E-state index >= 15 is 0 Å². The van der Waals surface area contributed by atoms with Gasteiger partial charge in [0.2, 0.25) is 0 Å². The van der Waals surface area contributed by atoms with Gasteiger partial charge in [0.05, 0.1) is 27.4 Å². The third-order valence-corrected chi connectivity index (χ3v) is 3.96. The molecule has 0 radical (unpaired) electrons. The Morgan fingerprint density at radius 1 is 0.964 bits per heavy atom. The minimum atomic E-state index is 0. The van der Waals surface area contributed by atoms with E-state index in [1.165, 1.54) is 0 Å². The molecule has 6 nitrogen and oxygen atoms in total. The monoisotopic (exact) mass is 499 g/mol. The number of benzene rings is 2. The van der Waals surface area contributed by atoms with Gasteiger partial charge in [0.15, 0.2) is 17.5 Å². The van der Waals surface area contributed by atoms with Gasteiger partial charge in [-0.05, 0) is 50.1 Å².